The highest BCUT2D eigenvalue weighted by Crippen LogP contribution is 2.27. The van der Waals surface area contributed by atoms with Gasteiger partial charge in [-0.1, -0.05) is 37.8 Å². The lowest BCUT2D eigenvalue weighted by Crippen LogP contribution is -2.13. The number of hydrogen-bond donors (Lipinski definition) is 2. The Labute approximate surface area is 161 Å². The number of halogens is 1. The van der Waals surface area contributed by atoms with Crippen LogP contribution >= 0.6 is 11.6 Å². The van der Waals surface area contributed by atoms with E-state index in [-0.39, 0.29) is 0 Å². The van der Waals surface area contributed by atoms with Crippen LogP contribution < -0.4 is 20.1 Å². The molecule has 0 aliphatic rings. The van der Waals surface area contributed by atoms with Gasteiger partial charge in [0, 0.05) is 24.5 Å². The van der Waals surface area contributed by atoms with E-state index >= 15 is 0 Å². The fourth-order valence-corrected chi connectivity index (χ4v) is 2.84. The summed E-state index contributed by atoms with van der Waals surface area (Å²) in [6.07, 6.45) is 4.89. The standard InChI is InChI=1S/C21H29ClN2O2/c1-3-4-5-6-15-26-19-10-7-17(8-11-19)23-13-14-24-18-9-12-21(25-2)20(22)16-18/h7-12,16,23-24H,3-6,13-15H2,1-2H3. The molecule has 2 aromatic carbocycles. The largest absolute Gasteiger partial charge is 0.495 e. The molecule has 4 nitrogen and oxygen atoms in total. The molecule has 2 aromatic rings. The van der Waals surface area contributed by atoms with Crippen molar-refractivity contribution >= 4 is 23.0 Å². The number of methoxy groups -OCH3 is 1. The molecule has 0 aliphatic heterocycles. The first-order chi connectivity index (χ1) is 12.7. The van der Waals surface area contributed by atoms with Crippen LogP contribution in [-0.2, 0) is 0 Å². The number of hydrogen-bond acceptors (Lipinski definition) is 4. The Morgan fingerprint density at radius 1 is 0.885 bits per heavy atom. The summed E-state index contributed by atoms with van der Waals surface area (Å²) < 4.78 is 10.9. The second-order valence-electron chi connectivity index (χ2n) is 6.14. The normalized spacial score (nSPS) is 10.4. The van der Waals surface area contributed by atoms with E-state index in [4.69, 9.17) is 21.1 Å². The van der Waals surface area contributed by atoms with Gasteiger partial charge in [-0.3, -0.25) is 0 Å². The average Bonchev–Trinajstić information content (AvgIpc) is 2.66. The molecule has 5 heteroatoms. The Hall–Kier alpha value is -2.07. The molecule has 0 saturated heterocycles. The van der Waals surface area contributed by atoms with Crippen LogP contribution in [0.2, 0.25) is 5.02 Å². The topological polar surface area (TPSA) is 42.5 Å². The number of unbranched alkanes of at least 4 members (excludes halogenated alkanes) is 3. The Morgan fingerprint density at radius 2 is 1.58 bits per heavy atom. The minimum Gasteiger partial charge on any atom is -0.495 e. The average molecular weight is 377 g/mol. The number of nitrogens with one attached hydrogen (secondary N) is 2. The van der Waals surface area contributed by atoms with Gasteiger partial charge in [0.15, 0.2) is 0 Å². The highest BCUT2D eigenvalue weighted by molar-refractivity contribution is 6.32. The van der Waals surface area contributed by atoms with Crippen LogP contribution in [0.5, 0.6) is 11.5 Å². The minimum absolute atomic E-state index is 0.607. The van der Waals surface area contributed by atoms with E-state index in [9.17, 15) is 0 Å². The van der Waals surface area contributed by atoms with Crippen molar-refractivity contribution in [3.8, 4) is 11.5 Å². The second-order valence-corrected chi connectivity index (χ2v) is 6.54. The molecule has 0 fully saturated rings. The molecule has 0 atom stereocenters. The van der Waals surface area contributed by atoms with Gasteiger partial charge in [0.05, 0.1) is 18.7 Å². The van der Waals surface area contributed by atoms with Crippen LogP contribution in [0.3, 0.4) is 0 Å². The molecule has 0 unspecified atom stereocenters. The first-order valence-electron chi connectivity index (χ1n) is 9.27. The first kappa shape index (κ1) is 20.2. The fourth-order valence-electron chi connectivity index (χ4n) is 2.58. The van der Waals surface area contributed by atoms with Crippen molar-refractivity contribution in [1.29, 1.82) is 0 Å². The molecule has 0 saturated carbocycles. The van der Waals surface area contributed by atoms with Crippen LogP contribution in [0.4, 0.5) is 11.4 Å². The quantitative estimate of drug-likeness (QED) is 0.457. The van der Waals surface area contributed by atoms with Gasteiger partial charge in [-0.2, -0.15) is 0 Å². The lowest BCUT2D eigenvalue weighted by Gasteiger charge is -2.11. The van der Waals surface area contributed by atoms with Gasteiger partial charge >= 0.3 is 0 Å². The fraction of sp³-hybridized carbons (Fsp3) is 0.429. The molecule has 0 aliphatic carbocycles. The number of anilines is 2. The SMILES string of the molecule is CCCCCCOc1ccc(NCCNc2ccc(OC)c(Cl)c2)cc1. The maximum Gasteiger partial charge on any atom is 0.137 e. The highest BCUT2D eigenvalue weighted by atomic mass is 35.5. The van der Waals surface area contributed by atoms with E-state index in [1.54, 1.807) is 7.11 Å². The summed E-state index contributed by atoms with van der Waals surface area (Å²) in [5.74, 6) is 1.61. The molecule has 0 radical (unpaired) electrons. The summed E-state index contributed by atoms with van der Waals surface area (Å²) in [7, 11) is 1.61. The monoisotopic (exact) mass is 376 g/mol. The van der Waals surface area contributed by atoms with E-state index in [0.29, 0.717) is 10.8 Å². The van der Waals surface area contributed by atoms with Crippen LogP contribution in [0.25, 0.3) is 0 Å². The predicted molar refractivity (Wildman–Crippen MR) is 111 cm³/mol. The summed E-state index contributed by atoms with van der Waals surface area (Å²) in [6.45, 7) is 4.61. The van der Waals surface area contributed by atoms with Gasteiger partial charge in [-0.15, -0.1) is 0 Å². The second kappa shape index (κ2) is 11.5. The van der Waals surface area contributed by atoms with Crippen molar-refractivity contribution < 1.29 is 9.47 Å². The molecule has 0 amide bonds. The van der Waals surface area contributed by atoms with Crippen LogP contribution in [0, 0.1) is 0 Å². The van der Waals surface area contributed by atoms with E-state index in [1.807, 2.05) is 42.5 Å². The zero-order valence-electron chi connectivity index (χ0n) is 15.7. The molecule has 0 bridgehead atoms. The maximum atomic E-state index is 6.12. The number of ether oxygens (including phenoxy) is 2. The Bertz CT molecular complexity index is 647. The van der Waals surface area contributed by atoms with E-state index in [1.165, 1.54) is 19.3 Å². The van der Waals surface area contributed by atoms with Gasteiger partial charge in [0.1, 0.15) is 11.5 Å². The summed E-state index contributed by atoms with van der Waals surface area (Å²) >= 11 is 6.12. The number of rotatable bonds is 12. The predicted octanol–water partition coefficient (Wildman–Crippen LogP) is 5.83. The zero-order valence-corrected chi connectivity index (χ0v) is 16.4. The molecule has 142 valence electrons. The van der Waals surface area contributed by atoms with E-state index < -0.39 is 0 Å². The van der Waals surface area contributed by atoms with Gasteiger partial charge < -0.3 is 20.1 Å². The van der Waals surface area contributed by atoms with Crippen molar-refractivity contribution in [1.82, 2.24) is 0 Å². The van der Waals surface area contributed by atoms with Crippen molar-refractivity contribution in [3.63, 3.8) is 0 Å². The third kappa shape index (κ3) is 7.04. The third-order valence-corrected chi connectivity index (χ3v) is 4.35. The smallest absolute Gasteiger partial charge is 0.137 e. The molecule has 26 heavy (non-hydrogen) atoms. The van der Waals surface area contributed by atoms with E-state index in [2.05, 4.69) is 17.6 Å². The van der Waals surface area contributed by atoms with Gasteiger partial charge in [0.25, 0.3) is 0 Å². The molecule has 2 rings (SSSR count). The first-order valence-corrected chi connectivity index (χ1v) is 9.65. The van der Waals surface area contributed by atoms with Gasteiger partial charge in [0.2, 0.25) is 0 Å². The minimum atomic E-state index is 0.607. The molecular weight excluding hydrogens is 348 g/mol. The molecule has 2 N–H and O–H groups in total. The van der Waals surface area contributed by atoms with E-state index in [0.717, 1.165) is 43.2 Å². The molecule has 0 spiro atoms. The third-order valence-electron chi connectivity index (χ3n) is 4.06. The molecular formula is C21H29ClN2O2. The lowest BCUT2D eigenvalue weighted by molar-refractivity contribution is 0.305. The van der Waals surface area contributed by atoms with Crippen LogP contribution in [0.15, 0.2) is 42.5 Å². The maximum absolute atomic E-state index is 6.12. The Kier molecular flexibility index (Phi) is 8.98. The Balaban J connectivity index is 1.65. The summed E-state index contributed by atoms with van der Waals surface area (Å²) in [4.78, 5) is 0. The summed E-state index contributed by atoms with van der Waals surface area (Å²) in [6, 6.07) is 13.8. The number of benzene rings is 2. The van der Waals surface area contributed by atoms with Gasteiger partial charge in [-0.25, -0.2) is 0 Å². The van der Waals surface area contributed by atoms with Crippen molar-refractivity contribution in [2.75, 3.05) is 37.4 Å². The van der Waals surface area contributed by atoms with Gasteiger partial charge in [-0.05, 0) is 48.9 Å². The molecule has 0 aromatic heterocycles. The lowest BCUT2D eigenvalue weighted by atomic mass is 10.2. The Morgan fingerprint density at radius 3 is 2.23 bits per heavy atom. The van der Waals surface area contributed by atoms with Crippen molar-refractivity contribution in [2.45, 2.75) is 32.6 Å². The summed E-state index contributed by atoms with van der Waals surface area (Å²) in [5, 5.41) is 7.33. The van der Waals surface area contributed by atoms with Crippen LogP contribution in [-0.4, -0.2) is 26.8 Å². The molecule has 0 heterocycles. The zero-order chi connectivity index (χ0) is 18.6. The van der Waals surface area contributed by atoms with Crippen molar-refractivity contribution in [2.24, 2.45) is 0 Å². The van der Waals surface area contributed by atoms with Crippen LogP contribution in [0.1, 0.15) is 32.6 Å². The summed E-state index contributed by atoms with van der Waals surface area (Å²) in [5.41, 5.74) is 2.06. The highest BCUT2D eigenvalue weighted by Gasteiger charge is 2.01. The van der Waals surface area contributed by atoms with Crippen molar-refractivity contribution in [3.05, 3.63) is 47.5 Å².